The Morgan fingerprint density at radius 3 is 2.62 bits per heavy atom. The van der Waals surface area contributed by atoms with E-state index in [2.05, 4.69) is 25.3 Å². The molecule has 2 rings (SSSR count). The number of hydrogen-bond acceptors (Lipinski definition) is 1. The molecule has 0 aromatic carbocycles. The summed E-state index contributed by atoms with van der Waals surface area (Å²) in [6.45, 7) is 8.93. The molecule has 2 saturated carbocycles. The van der Waals surface area contributed by atoms with E-state index in [0.717, 1.165) is 6.42 Å². The molecular formula is C14H24OSi. The maximum absolute atomic E-state index is 12.1. The first-order chi connectivity index (χ1) is 7.36. The van der Waals surface area contributed by atoms with Gasteiger partial charge in [0.1, 0.15) is 5.78 Å². The third-order valence-electron chi connectivity index (χ3n) is 4.39. The molecule has 0 unspecified atom stereocenters. The molecule has 0 saturated heterocycles. The van der Waals surface area contributed by atoms with E-state index in [0.29, 0.717) is 11.7 Å². The second-order valence-corrected chi connectivity index (χ2v) is 11.7. The van der Waals surface area contributed by atoms with Crippen LogP contribution in [0.3, 0.4) is 0 Å². The zero-order chi connectivity index (χ0) is 12.0. The molecule has 2 aliphatic rings. The maximum Gasteiger partial charge on any atom is 0.140 e. The summed E-state index contributed by atoms with van der Waals surface area (Å²) >= 11 is 0. The largest absolute Gasteiger partial charge is 0.299 e. The molecule has 2 heteroatoms. The zero-order valence-corrected chi connectivity index (χ0v) is 12.1. The van der Waals surface area contributed by atoms with Gasteiger partial charge < -0.3 is 0 Å². The molecule has 0 aliphatic heterocycles. The van der Waals surface area contributed by atoms with Crippen LogP contribution >= 0.6 is 0 Å². The molecule has 1 nitrogen and oxygen atoms in total. The van der Waals surface area contributed by atoms with Crippen molar-refractivity contribution in [3.05, 3.63) is 11.3 Å². The van der Waals surface area contributed by atoms with E-state index in [1.165, 1.54) is 31.3 Å². The van der Waals surface area contributed by atoms with Crippen LogP contribution in [0.4, 0.5) is 0 Å². The van der Waals surface area contributed by atoms with Crippen LogP contribution in [0, 0.1) is 11.3 Å². The summed E-state index contributed by atoms with van der Waals surface area (Å²) in [7, 11) is -1.19. The van der Waals surface area contributed by atoms with Gasteiger partial charge in [-0.25, -0.2) is 0 Å². The standard InChI is InChI=1S/C14H24OSi/c1-11(15)14-9-5-6-12(14)7-8-13(14)10-16(2,3)4/h10,12H,5-9H2,1-4H3/b13-10+/t12-,14+/m1/s1. The molecule has 0 N–H and O–H groups in total. The Labute approximate surface area is 100 Å². The normalized spacial score (nSPS) is 36.8. The molecule has 2 fully saturated rings. The fraction of sp³-hybridized carbons (Fsp3) is 0.786. The minimum Gasteiger partial charge on any atom is -0.299 e. The Kier molecular flexibility index (Phi) is 2.90. The average Bonchev–Trinajstić information content (AvgIpc) is 2.64. The molecule has 0 radical (unpaired) electrons. The van der Waals surface area contributed by atoms with Crippen LogP contribution in [-0.4, -0.2) is 13.9 Å². The highest BCUT2D eigenvalue weighted by Gasteiger charge is 2.52. The summed E-state index contributed by atoms with van der Waals surface area (Å²) in [6.07, 6.45) is 6.11. The maximum atomic E-state index is 12.1. The van der Waals surface area contributed by atoms with Crippen molar-refractivity contribution >= 4 is 13.9 Å². The van der Waals surface area contributed by atoms with E-state index in [1.807, 2.05) is 6.92 Å². The van der Waals surface area contributed by atoms with E-state index < -0.39 is 8.07 Å². The van der Waals surface area contributed by atoms with Gasteiger partial charge in [0.05, 0.1) is 13.5 Å². The molecule has 0 bridgehead atoms. The van der Waals surface area contributed by atoms with Crippen LogP contribution in [0.2, 0.25) is 19.6 Å². The van der Waals surface area contributed by atoms with Gasteiger partial charge in [-0.05, 0) is 38.5 Å². The first-order valence-corrected chi connectivity index (χ1v) is 10.2. The summed E-state index contributed by atoms with van der Waals surface area (Å²) < 4.78 is 0. The lowest BCUT2D eigenvalue weighted by Gasteiger charge is -2.30. The summed E-state index contributed by atoms with van der Waals surface area (Å²) in [4.78, 5) is 12.1. The first-order valence-electron chi connectivity index (χ1n) is 6.59. The number of hydrogen-bond donors (Lipinski definition) is 0. The summed E-state index contributed by atoms with van der Waals surface area (Å²) in [6, 6.07) is 0. The number of fused-ring (bicyclic) bond motifs is 1. The van der Waals surface area contributed by atoms with Crippen molar-refractivity contribution in [2.45, 2.75) is 58.7 Å². The smallest absolute Gasteiger partial charge is 0.140 e. The highest BCUT2D eigenvalue weighted by molar-refractivity contribution is 6.81. The molecule has 0 spiro atoms. The van der Waals surface area contributed by atoms with Crippen molar-refractivity contribution in [2.24, 2.45) is 11.3 Å². The predicted molar refractivity (Wildman–Crippen MR) is 71.1 cm³/mol. The topological polar surface area (TPSA) is 17.1 Å². The fourth-order valence-corrected chi connectivity index (χ4v) is 5.30. The van der Waals surface area contributed by atoms with Crippen LogP contribution in [0.25, 0.3) is 0 Å². The van der Waals surface area contributed by atoms with Crippen molar-refractivity contribution in [1.29, 1.82) is 0 Å². The van der Waals surface area contributed by atoms with E-state index in [1.54, 1.807) is 0 Å². The van der Waals surface area contributed by atoms with Crippen molar-refractivity contribution in [3.8, 4) is 0 Å². The second-order valence-electron chi connectivity index (χ2n) is 6.69. The highest BCUT2D eigenvalue weighted by Crippen LogP contribution is 2.58. The molecule has 16 heavy (non-hydrogen) atoms. The average molecular weight is 236 g/mol. The molecule has 0 aromatic heterocycles. The minimum absolute atomic E-state index is 0.0136. The van der Waals surface area contributed by atoms with Gasteiger partial charge in [-0.3, -0.25) is 4.79 Å². The van der Waals surface area contributed by atoms with E-state index in [-0.39, 0.29) is 5.41 Å². The van der Waals surface area contributed by atoms with Crippen LogP contribution < -0.4 is 0 Å². The molecule has 2 atom stereocenters. The number of carbonyl (C=O) groups excluding carboxylic acids is 1. The molecule has 0 amide bonds. The predicted octanol–water partition coefficient (Wildman–Crippen LogP) is 3.96. The van der Waals surface area contributed by atoms with Gasteiger partial charge >= 0.3 is 0 Å². The van der Waals surface area contributed by atoms with Crippen LogP contribution in [-0.2, 0) is 4.79 Å². The summed E-state index contributed by atoms with van der Waals surface area (Å²) in [5, 5.41) is 0. The number of allylic oxidation sites excluding steroid dienone is 1. The molecule has 0 aromatic rings. The SMILES string of the molecule is CC(=O)[C@@]12CCC[C@@H]1CC/C2=C\[Si](C)(C)C. The Hall–Kier alpha value is -0.373. The number of ketones is 1. The first kappa shape index (κ1) is 12.1. The van der Waals surface area contributed by atoms with E-state index >= 15 is 0 Å². The summed E-state index contributed by atoms with van der Waals surface area (Å²) in [5.41, 5.74) is 4.02. The van der Waals surface area contributed by atoms with Crippen LogP contribution in [0.15, 0.2) is 11.3 Å². The lowest BCUT2D eigenvalue weighted by Crippen LogP contribution is -2.32. The van der Waals surface area contributed by atoms with Gasteiger partial charge in [-0.2, -0.15) is 0 Å². The number of rotatable bonds is 2. The second kappa shape index (κ2) is 3.83. The zero-order valence-electron chi connectivity index (χ0n) is 11.1. The van der Waals surface area contributed by atoms with Gasteiger partial charge in [0.15, 0.2) is 0 Å². The third-order valence-corrected chi connectivity index (χ3v) is 5.61. The van der Waals surface area contributed by atoms with Gasteiger partial charge in [0.2, 0.25) is 0 Å². The van der Waals surface area contributed by atoms with E-state index in [4.69, 9.17) is 0 Å². The minimum atomic E-state index is -1.19. The van der Waals surface area contributed by atoms with Crippen molar-refractivity contribution in [1.82, 2.24) is 0 Å². The molecule has 0 heterocycles. The number of carbonyl (C=O) groups is 1. The lowest BCUT2D eigenvalue weighted by atomic mass is 9.75. The molecule has 2 aliphatic carbocycles. The van der Waals surface area contributed by atoms with Gasteiger partial charge in [0.25, 0.3) is 0 Å². The van der Waals surface area contributed by atoms with Crippen LogP contribution in [0.5, 0.6) is 0 Å². The molecule has 90 valence electrons. The Morgan fingerprint density at radius 2 is 2.06 bits per heavy atom. The lowest BCUT2D eigenvalue weighted by molar-refractivity contribution is -0.125. The fourth-order valence-electron chi connectivity index (χ4n) is 3.86. The van der Waals surface area contributed by atoms with Crippen molar-refractivity contribution < 1.29 is 4.79 Å². The van der Waals surface area contributed by atoms with Crippen LogP contribution in [0.1, 0.15) is 39.0 Å². The Bertz CT molecular complexity index is 337. The van der Waals surface area contributed by atoms with Gasteiger partial charge in [-0.1, -0.05) is 37.3 Å². The number of Topliss-reactive ketones (excluding diaryl/α,β-unsaturated/α-hetero) is 1. The van der Waals surface area contributed by atoms with Crippen molar-refractivity contribution in [2.75, 3.05) is 0 Å². The van der Waals surface area contributed by atoms with Gasteiger partial charge in [-0.15, -0.1) is 0 Å². The van der Waals surface area contributed by atoms with E-state index in [9.17, 15) is 4.79 Å². The monoisotopic (exact) mass is 236 g/mol. The van der Waals surface area contributed by atoms with Crippen molar-refractivity contribution in [3.63, 3.8) is 0 Å². The quantitative estimate of drug-likeness (QED) is 0.663. The third kappa shape index (κ3) is 1.81. The van der Waals surface area contributed by atoms with Gasteiger partial charge in [0, 0.05) is 0 Å². The highest BCUT2D eigenvalue weighted by atomic mass is 28.3. The summed E-state index contributed by atoms with van der Waals surface area (Å²) in [5.74, 6) is 1.12. The Balaban J connectivity index is 2.41. The molecular weight excluding hydrogens is 212 g/mol. The Morgan fingerprint density at radius 1 is 1.38 bits per heavy atom.